The normalized spacial score (nSPS) is 11.2. The van der Waals surface area contributed by atoms with Gasteiger partial charge in [0.1, 0.15) is 17.0 Å². The van der Waals surface area contributed by atoms with Gasteiger partial charge in [-0.05, 0) is 42.5 Å². The molecule has 2 N–H and O–H groups in total. The van der Waals surface area contributed by atoms with E-state index >= 15 is 0 Å². The molecule has 0 aliphatic carbocycles. The number of hydrogen-bond donors (Lipinski definition) is 2. The molecular weight excluding hydrogens is 465 g/mol. The summed E-state index contributed by atoms with van der Waals surface area (Å²) in [6.07, 6.45) is -4.59. The molecule has 35 heavy (non-hydrogen) atoms. The Bertz CT molecular complexity index is 1440. The molecule has 178 valence electrons. The van der Waals surface area contributed by atoms with Crippen LogP contribution in [0.2, 0.25) is 0 Å². The number of rotatable bonds is 5. The van der Waals surface area contributed by atoms with Gasteiger partial charge in [-0.3, -0.25) is 14.4 Å². The lowest BCUT2D eigenvalue weighted by Crippen LogP contribution is -2.18. The summed E-state index contributed by atoms with van der Waals surface area (Å²) in [5.74, 6) is -2.49. The summed E-state index contributed by atoms with van der Waals surface area (Å²) in [7, 11) is 0. The molecule has 4 aromatic rings. The first-order chi connectivity index (χ1) is 16.6. The number of alkyl halides is 3. The van der Waals surface area contributed by atoms with Crippen molar-refractivity contribution in [2.75, 3.05) is 10.6 Å². The van der Waals surface area contributed by atoms with Gasteiger partial charge >= 0.3 is 12.1 Å². The van der Waals surface area contributed by atoms with E-state index in [1.54, 1.807) is 36.4 Å². The molecule has 10 heteroatoms. The predicted molar refractivity (Wildman–Crippen MR) is 121 cm³/mol. The second-order valence-electron chi connectivity index (χ2n) is 7.38. The van der Waals surface area contributed by atoms with Crippen molar-refractivity contribution in [3.8, 4) is 5.75 Å². The van der Waals surface area contributed by atoms with Gasteiger partial charge in [0.15, 0.2) is 0 Å². The lowest BCUT2D eigenvalue weighted by molar-refractivity contribution is -0.137. The van der Waals surface area contributed by atoms with E-state index in [0.717, 1.165) is 18.2 Å². The highest BCUT2D eigenvalue weighted by Crippen LogP contribution is 2.34. The fourth-order valence-corrected chi connectivity index (χ4v) is 3.37. The minimum atomic E-state index is -4.59. The number of fused-ring (bicyclic) bond motifs is 1. The smallest absolute Gasteiger partial charge is 0.416 e. The number of anilines is 2. The minimum Gasteiger partial charge on any atom is -0.449 e. The maximum absolute atomic E-state index is 13.0. The number of benzene rings is 3. The van der Waals surface area contributed by atoms with Gasteiger partial charge in [0.25, 0.3) is 11.8 Å². The third kappa shape index (κ3) is 5.16. The molecule has 1 heterocycles. The van der Waals surface area contributed by atoms with Gasteiger partial charge in [-0.1, -0.05) is 30.3 Å². The number of nitrogens with one attached hydrogen (secondary N) is 2. The molecule has 7 nitrogen and oxygen atoms in total. The highest BCUT2D eigenvalue weighted by molar-refractivity contribution is 6.17. The van der Waals surface area contributed by atoms with Gasteiger partial charge in [0.2, 0.25) is 5.76 Å². The van der Waals surface area contributed by atoms with Crippen molar-refractivity contribution in [3.05, 3.63) is 89.7 Å². The van der Waals surface area contributed by atoms with Crippen molar-refractivity contribution < 1.29 is 36.7 Å². The highest BCUT2D eigenvalue weighted by atomic mass is 19.4. The molecule has 4 rings (SSSR count). The summed E-state index contributed by atoms with van der Waals surface area (Å²) in [6, 6.07) is 16.6. The summed E-state index contributed by atoms with van der Waals surface area (Å²) in [5, 5.41) is 5.36. The molecule has 0 bridgehead atoms. The van der Waals surface area contributed by atoms with Crippen LogP contribution in [-0.2, 0) is 11.0 Å². The zero-order valence-corrected chi connectivity index (χ0v) is 18.1. The van der Waals surface area contributed by atoms with Crippen molar-refractivity contribution in [2.45, 2.75) is 13.1 Å². The summed E-state index contributed by atoms with van der Waals surface area (Å²) in [4.78, 5) is 37.4. The largest absolute Gasteiger partial charge is 0.449 e. The van der Waals surface area contributed by atoms with E-state index in [4.69, 9.17) is 9.15 Å². The Morgan fingerprint density at radius 3 is 2.31 bits per heavy atom. The summed E-state index contributed by atoms with van der Waals surface area (Å²) in [6.45, 7) is 1.19. The SMILES string of the molecule is CC(=O)Oc1ccccc1C(=O)Nc1c(C(=O)Nc2cccc(C(F)(F)F)c2)oc2ccccc12. The third-order valence-electron chi connectivity index (χ3n) is 4.87. The molecule has 3 aromatic carbocycles. The number of hydrogen-bond acceptors (Lipinski definition) is 5. The number of furan rings is 1. The van der Waals surface area contributed by atoms with E-state index in [1.165, 1.54) is 25.1 Å². The summed E-state index contributed by atoms with van der Waals surface area (Å²) in [5.41, 5.74) is -0.742. The van der Waals surface area contributed by atoms with Crippen molar-refractivity contribution in [3.63, 3.8) is 0 Å². The zero-order valence-electron chi connectivity index (χ0n) is 18.1. The van der Waals surface area contributed by atoms with E-state index in [9.17, 15) is 27.6 Å². The van der Waals surface area contributed by atoms with E-state index in [0.29, 0.717) is 5.39 Å². The zero-order chi connectivity index (χ0) is 25.2. The Balaban J connectivity index is 1.69. The maximum Gasteiger partial charge on any atom is 0.416 e. The van der Waals surface area contributed by atoms with Gasteiger partial charge < -0.3 is 19.8 Å². The Morgan fingerprint density at radius 1 is 0.857 bits per heavy atom. The van der Waals surface area contributed by atoms with Crippen molar-refractivity contribution in [1.82, 2.24) is 0 Å². The average Bonchev–Trinajstić information content (AvgIpc) is 3.17. The molecule has 0 unspecified atom stereocenters. The van der Waals surface area contributed by atoms with Crippen molar-refractivity contribution >= 4 is 40.1 Å². The molecule has 2 amide bonds. The quantitative estimate of drug-likeness (QED) is 0.273. The van der Waals surface area contributed by atoms with Gasteiger partial charge in [-0.25, -0.2) is 0 Å². The number of para-hydroxylation sites is 2. The number of carbonyl (C=O) groups excluding carboxylic acids is 3. The standard InChI is InChI=1S/C25H17F3N2O5/c1-14(31)34-20-12-5-3-10-18(20)23(32)30-21-17-9-2-4-11-19(17)35-22(21)24(33)29-16-8-6-7-15(13-16)25(26,27)28/h2-13H,1H3,(H,29,33)(H,30,32). The monoisotopic (exact) mass is 482 g/mol. The van der Waals surface area contributed by atoms with Crippen LogP contribution in [0.15, 0.2) is 77.2 Å². The third-order valence-corrected chi connectivity index (χ3v) is 4.87. The molecular formula is C25H17F3N2O5. The first kappa shape index (κ1) is 23.6. The molecule has 0 atom stereocenters. The van der Waals surface area contributed by atoms with Crippen LogP contribution in [0.3, 0.4) is 0 Å². The minimum absolute atomic E-state index is 0.00713. The highest BCUT2D eigenvalue weighted by Gasteiger charge is 2.31. The maximum atomic E-state index is 13.0. The predicted octanol–water partition coefficient (Wildman–Crippen LogP) is 5.88. The first-order valence-corrected chi connectivity index (χ1v) is 10.2. The van der Waals surface area contributed by atoms with Crippen LogP contribution in [0, 0.1) is 0 Å². The summed E-state index contributed by atoms with van der Waals surface area (Å²) < 4.78 is 49.8. The molecule has 0 radical (unpaired) electrons. The van der Waals surface area contributed by atoms with Gasteiger partial charge in [0, 0.05) is 18.0 Å². The van der Waals surface area contributed by atoms with Crippen molar-refractivity contribution in [2.24, 2.45) is 0 Å². The van der Waals surface area contributed by atoms with Crippen LogP contribution in [0.25, 0.3) is 11.0 Å². The van der Waals surface area contributed by atoms with Crippen LogP contribution in [0.1, 0.15) is 33.4 Å². The Hall–Kier alpha value is -4.60. The Morgan fingerprint density at radius 2 is 1.57 bits per heavy atom. The Labute approximate surface area is 196 Å². The topological polar surface area (TPSA) is 97.6 Å². The number of ether oxygens (including phenoxy) is 1. The van der Waals surface area contributed by atoms with Crippen LogP contribution >= 0.6 is 0 Å². The van der Waals surface area contributed by atoms with Gasteiger partial charge in [0.05, 0.1) is 11.1 Å². The molecule has 0 fully saturated rings. The molecule has 0 aliphatic rings. The van der Waals surface area contributed by atoms with E-state index in [-0.39, 0.29) is 34.0 Å². The van der Waals surface area contributed by atoms with E-state index < -0.39 is 29.5 Å². The number of halogens is 3. The van der Waals surface area contributed by atoms with Gasteiger partial charge in [-0.2, -0.15) is 13.2 Å². The fraction of sp³-hybridized carbons (Fsp3) is 0.0800. The molecule has 1 aromatic heterocycles. The first-order valence-electron chi connectivity index (χ1n) is 10.2. The lowest BCUT2D eigenvalue weighted by atomic mass is 10.1. The number of esters is 1. The molecule has 0 aliphatic heterocycles. The van der Waals surface area contributed by atoms with E-state index in [2.05, 4.69) is 10.6 Å². The van der Waals surface area contributed by atoms with Crippen molar-refractivity contribution in [1.29, 1.82) is 0 Å². The van der Waals surface area contributed by atoms with Crippen LogP contribution in [0.5, 0.6) is 5.75 Å². The van der Waals surface area contributed by atoms with Crippen LogP contribution in [0.4, 0.5) is 24.5 Å². The molecule has 0 saturated heterocycles. The van der Waals surface area contributed by atoms with Gasteiger partial charge in [-0.15, -0.1) is 0 Å². The Kier molecular flexibility index (Phi) is 6.28. The van der Waals surface area contributed by atoms with Crippen LogP contribution in [-0.4, -0.2) is 17.8 Å². The second kappa shape index (κ2) is 9.34. The van der Waals surface area contributed by atoms with E-state index in [1.807, 2.05) is 0 Å². The fourth-order valence-electron chi connectivity index (χ4n) is 3.37. The average molecular weight is 482 g/mol. The number of carbonyl (C=O) groups is 3. The second-order valence-corrected chi connectivity index (χ2v) is 7.38. The lowest BCUT2D eigenvalue weighted by Gasteiger charge is -2.11. The summed E-state index contributed by atoms with van der Waals surface area (Å²) >= 11 is 0. The van der Waals surface area contributed by atoms with Crippen LogP contribution < -0.4 is 15.4 Å². The molecule has 0 spiro atoms. The number of amides is 2. The molecule has 0 saturated carbocycles.